The van der Waals surface area contributed by atoms with Gasteiger partial charge in [0.1, 0.15) is 5.82 Å². The number of nitrogens with zero attached hydrogens (tertiary/aromatic N) is 2. The first-order valence-corrected chi connectivity index (χ1v) is 8.57. The molecule has 124 valence electrons. The van der Waals surface area contributed by atoms with Crippen molar-refractivity contribution in [1.29, 1.82) is 0 Å². The first-order chi connectivity index (χ1) is 12.3. The van der Waals surface area contributed by atoms with Crippen molar-refractivity contribution in [3.8, 4) is 0 Å². The lowest BCUT2D eigenvalue weighted by Gasteiger charge is -2.25. The number of nitrogens with one attached hydrogen (secondary N) is 1. The quantitative estimate of drug-likeness (QED) is 0.554. The maximum absolute atomic E-state index is 4.87. The lowest BCUT2D eigenvalue weighted by molar-refractivity contribution is 0.786. The highest BCUT2D eigenvalue weighted by Gasteiger charge is 2.14. The Kier molecular flexibility index (Phi) is 4.21. The van der Waals surface area contributed by atoms with Crippen molar-refractivity contribution in [2.24, 2.45) is 0 Å². The van der Waals surface area contributed by atoms with Crippen LogP contribution in [0.4, 0.5) is 5.82 Å². The second-order valence-electron chi connectivity index (χ2n) is 6.35. The molecule has 3 nitrogen and oxygen atoms in total. The van der Waals surface area contributed by atoms with Crippen LogP contribution >= 0.6 is 0 Å². The van der Waals surface area contributed by atoms with Gasteiger partial charge in [0, 0.05) is 30.4 Å². The predicted molar refractivity (Wildman–Crippen MR) is 104 cm³/mol. The van der Waals surface area contributed by atoms with Gasteiger partial charge in [0.05, 0.1) is 5.52 Å². The average Bonchev–Trinajstić information content (AvgIpc) is 3.10. The highest BCUT2D eigenvalue weighted by molar-refractivity contribution is 5.90. The van der Waals surface area contributed by atoms with E-state index in [4.69, 9.17) is 4.98 Å². The molecule has 0 aliphatic heterocycles. The van der Waals surface area contributed by atoms with Gasteiger partial charge >= 0.3 is 0 Å². The number of aromatic amines is 1. The van der Waals surface area contributed by atoms with E-state index in [0.29, 0.717) is 0 Å². The Balaban J connectivity index is 1.77. The van der Waals surface area contributed by atoms with Crippen molar-refractivity contribution in [1.82, 2.24) is 9.97 Å². The number of anilines is 1. The van der Waals surface area contributed by atoms with Gasteiger partial charge < -0.3 is 9.88 Å². The summed E-state index contributed by atoms with van der Waals surface area (Å²) in [5, 5.41) is 1.16. The molecule has 2 aromatic heterocycles. The van der Waals surface area contributed by atoms with Gasteiger partial charge in [-0.15, -0.1) is 0 Å². The number of hydrogen-bond donors (Lipinski definition) is 1. The van der Waals surface area contributed by atoms with Gasteiger partial charge in [0.25, 0.3) is 0 Å². The normalized spacial score (nSPS) is 10.9. The van der Waals surface area contributed by atoms with E-state index in [-0.39, 0.29) is 0 Å². The molecule has 1 N–H and O–H groups in total. The number of aromatic nitrogens is 2. The SMILES string of the molecule is Cc1cc2[nH]ccc2c(N(Cc2ccccc2)Cc2ccccc2)n1. The maximum Gasteiger partial charge on any atom is 0.138 e. The summed E-state index contributed by atoms with van der Waals surface area (Å²) in [5.74, 6) is 1.03. The predicted octanol–water partition coefficient (Wildman–Crippen LogP) is 5.08. The van der Waals surface area contributed by atoms with Gasteiger partial charge in [-0.25, -0.2) is 4.98 Å². The first-order valence-electron chi connectivity index (χ1n) is 8.57. The van der Waals surface area contributed by atoms with Crippen LogP contribution in [0.2, 0.25) is 0 Å². The third kappa shape index (κ3) is 3.41. The summed E-state index contributed by atoms with van der Waals surface area (Å²) in [7, 11) is 0. The number of aryl methyl sites for hydroxylation is 1. The van der Waals surface area contributed by atoms with Gasteiger partial charge in [-0.1, -0.05) is 60.7 Å². The topological polar surface area (TPSA) is 31.9 Å². The van der Waals surface area contributed by atoms with E-state index in [1.54, 1.807) is 0 Å². The summed E-state index contributed by atoms with van der Waals surface area (Å²) >= 11 is 0. The minimum atomic E-state index is 0.826. The van der Waals surface area contributed by atoms with Crippen molar-refractivity contribution >= 4 is 16.7 Å². The molecule has 0 aliphatic rings. The molecule has 4 rings (SSSR count). The summed E-state index contributed by atoms with van der Waals surface area (Å²) in [5.41, 5.74) is 4.72. The molecule has 0 aliphatic carbocycles. The Morgan fingerprint density at radius 1 is 0.840 bits per heavy atom. The van der Waals surface area contributed by atoms with E-state index in [2.05, 4.69) is 82.7 Å². The summed E-state index contributed by atoms with van der Waals surface area (Å²) in [6, 6.07) is 25.4. The van der Waals surface area contributed by atoms with E-state index in [1.165, 1.54) is 11.1 Å². The second kappa shape index (κ2) is 6.81. The summed E-state index contributed by atoms with van der Waals surface area (Å²) in [6.07, 6.45) is 1.98. The number of H-pyrrole nitrogens is 1. The lowest BCUT2D eigenvalue weighted by atomic mass is 10.1. The van der Waals surface area contributed by atoms with Crippen LogP contribution in [0.15, 0.2) is 79.0 Å². The molecule has 2 aromatic carbocycles. The Hall–Kier alpha value is -3.07. The van der Waals surface area contributed by atoms with Crippen molar-refractivity contribution in [3.05, 3.63) is 95.8 Å². The summed E-state index contributed by atoms with van der Waals surface area (Å²) in [6.45, 7) is 3.70. The van der Waals surface area contributed by atoms with Crippen LogP contribution in [0, 0.1) is 6.92 Å². The van der Waals surface area contributed by atoms with Crippen molar-refractivity contribution in [2.75, 3.05) is 4.90 Å². The molecular formula is C22H21N3. The molecule has 0 unspecified atom stereocenters. The Morgan fingerprint density at radius 2 is 1.44 bits per heavy atom. The van der Waals surface area contributed by atoms with Crippen LogP contribution in [0.5, 0.6) is 0 Å². The zero-order valence-corrected chi connectivity index (χ0v) is 14.3. The second-order valence-corrected chi connectivity index (χ2v) is 6.35. The van der Waals surface area contributed by atoms with E-state index in [0.717, 1.165) is 35.5 Å². The van der Waals surface area contributed by atoms with Crippen molar-refractivity contribution < 1.29 is 0 Å². The standard InChI is InChI=1S/C22H21N3/c1-17-14-21-20(12-13-23-21)22(24-17)25(15-18-8-4-2-5-9-18)16-19-10-6-3-7-11-19/h2-14,23H,15-16H2,1H3. The zero-order chi connectivity index (χ0) is 17.1. The number of hydrogen-bond acceptors (Lipinski definition) is 2. The molecule has 0 saturated carbocycles. The fraction of sp³-hybridized carbons (Fsp3) is 0.136. The number of fused-ring (bicyclic) bond motifs is 1. The number of pyridine rings is 1. The van der Waals surface area contributed by atoms with Gasteiger partial charge in [-0.05, 0) is 30.2 Å². The van der Waals surface area contributed by atoms with Crippen LogP contribution in [0.25, 0.3) is 10.9 Å². The monoisotopic (exact) mass is 327 g/mol. The Labute approximate surface area is 148 Å². The molecule has 0 saturated heterocycles. The molecular weight excluding hydrogens is 306 g/mol. The fourth-order valence-electron chi connectivity index (χ4n) is 3.22. The first kappa shape index (κ1) is 15.5. The largest absolute Gasteiger partial charge is 0.361 e. The average molecular weight is 327 g/mol. The molecule has 0 radical (unpaired) electrons. The van der Waals surface area contributed by atoms with E-state index < -0.39 is 0 Å². The minimum absolute atomic E-state index is 0.826. The maximum atomic E-state index is 4.87. The molecule has 0 fully saturated rings. The van der Waals surface area contributed by atoms with Crippen LogP contribution in [0.3, 0.4) is 0 Å². The molecule has 0 atom stereocenters. The zero-order valence-electron chi connectivity index (χ0n) is 14.3. The van der Waals surface area contributed by atoms with Crippen LogP contribution in [0.1, 0.15) is 16.8 Å². The molecule has 3 heteroatoms. The number of rotatable bonds is 5. The highest BCUT2D eigenvalue weighted by atomic mass is 15.2. The summed E-state index contributed by atoms with van der Waals surface area (Å²) < 4.78 is 0. The van der Waals surface area contributed by atoms with Gasteiger partial charge in [-0.2, -0.15) is 0 Å². The Morgan fingerprint density at radius 3 is 2.04 bits per heavy atom. The van der Waals surface area contributed by atoms with Crippen LogP contribution in [-0.2, 0) is 13.1 Å². The third-order valence-electron chi connectivity index (χ3n) is 4.39. The van der Waals surface area contributed by atoms with Crippen molar-refractivity contribution in [3.63, 3.8) is 0 Å². The molecule has 25 heavy (non-hydrogen) atoms. The smallest absolute Gasteiger partial charge is 0.138 e. The van der Waals surface area contributed by atoms with Gasteiger partial charge in [-0.3, -0.25) is 0 Å². The van der Waals surface area contributed by atoms with Crippen molar-refractivity contribution in [2.45, 2.75) is 20.0 Å². The number of benzene rings is 2. The highest BCUT2D eigenvalue weighted by Crippen LogP contribution is 2.27. The molecule has 0 spiro atoms. The van der Waals surface area contributed by atoms with E-state index in [9.17, 15) is 0 Å². The van der Waals surface area contributed by atoms with E-state index >= 15 is 0 Å². The molecule has 4 aromatic rings. The minimum Gasteiger partial charge on any atom is -0.361 e. The lowest BCUT2D eigenvalue weighted by Crippen LogP contribution is -2.23. The van der Waals surface area contributed by atoms with E-state index in [1.807, 2.05) is 13.1 Å². The summed E-state index contributed by atoms with van der Waals surface area (Å²) in [4.78, 5) is 10.5. The Bertz CT molecular complexity index is 917. The fourth-order valence-corrected chi connectivity index (χ4v) is 3.22. The van der Waals surface area contributed by atoms with Gasteiger partial charge in [0.2, 0.25) is 0 Å². The van der Waals surface area contributed by atoms with Crippen LogP contribution < -0.4 is 4.90 Å². The van der Waals surface area contributed by atoms with Crippen LogP contribution in [-0.4, -0.2) is 9.97 Å². The third-order valence-corrected chi connectivity index (χ3v) is 4.39. The van der Waals surface area contributed by atoms with Gasteiger partial charge in [0.15, 0.2) is 0 Å². The molecule has 0 bridgehead atoms. The molecule has 2 heterocycles. The molecule has 0 amide bonds.